The second-order valence-corrected chi connectivity index (χ2v) is 6.05. The van der Waals surface area contributed by atoms with Gasteiger partial charge in [0.05, 0.1) is 18.5 Å². The van der Waals surface area contributed by atoms with Gasteiger partial charge in [-0.25, -0.2) is 4.98 Å². The summed E-state index contributed by atoms with van der Waals surface area (Å²) in [5.74, 6) is 1.69. The Hall–Kier alpha value is -2.60. The Morgan fingerprint density at radius 1 is 1.25 bits per heavy atom. The summed E-state index contributed by atoms with van der Waals surface area (Å²) in [4.78, 5) is 4.55. The quantitative estimate of drug-likeness (QED) is 0.805. The van der Waals surface area contributed by atoms with Crippen molar-refractivity contribution in [3.8, 4) is 23.0 Å². The number of hydrogen-bond donors (Lipinski definition) is 1. The van der Waals surface area contributed by atoms with Gasteiger partial charge < -0.3 is 10.1 Å². The number of methoxy groups -OCH3 is 1. The van der Waals surface area contributed by atoms with Crippen LogP contribution in [-0.2, 0) is 13.1 Å². The Balaban J connectivity index is 1.78. The molecule has 0 bridgehead atoms. The molecule has 0 amide bonds. The molecule has 1 aliphatic rings. The molecule has 124 valence electrons. The average Bonchev–Trinajstić information content (AvgIpc) is 3.17. The van der Waals surface area contributed by atoms with Crippen molar-refractivity contribution in [1.82, 2.24) is 24.6 Å². The van der Waals surface area contributed by atoms with E-state index in [1.165, 1.54) is 5.69 Å². The lowest BCUT2D eigenvalue weighted by molar-refractivity contribution is 0.414. The average molecular weight is 323 g/mol. The van der Waals surface area contributed by atoms with Crippen LogP contribution in [0, 0.1) is 6.92 Å². The number of imidazole rings is 1. The predicted molar refractivity (Wildman–Crippen MR) is 92.4 cm³/mol. The first-order chi connectivity index (χ1) is 11.8. The molecule has 6 heteroatoms. The number of aryl methyl sites for hydroxylation is 2. The number of aromatic nitrogens is 4. The standard InChI is InChI=1S/C18H21N5O/c1-13-4-5-15(24-2)11-17(13)22-9-7-20-18(22)16-10-14-12-19-6-3-8-23(14)21-16/h4-5,7,9-11,19H,3,6,8,12H2,1-2H3. The molecule has 0 saturated carbocycles. The van der Waals surface area contributed by atoms with Crippen LogP contribution in [0.1, 0.15) is 17.7 Å². The zero-order valence-electron chi connectivity index (χ0n) is 14.0. The molecule has 0 saturated heterocycles. The number of fused-ring (bicyclic) bond motifs is 1. The van der Waals surface area contributed by atoms with Gasteiger partial charge in [0.1, 0.15) is 11.4 Å². The van der Waals surface area contributed by atoms with Crippen LogP contribution >= 0.6 is 0 Å². The summed E-state index contributed by atoms with van der Waals surface area (Å²) in [5, 5.41) is 8.20. The molecule has 24 heavy (non-hydrogen) atoms. The third-order valence-corrected chi connectivity index (χ3v) is 4.44. The lowest BCUT2D eigenvalue weighted by Gasteiger charge is -2.11. The van der Waals surface area contributed by atoms with Crippen LogP contribution in [-0.4, -0.2) is 33.0 Å². The highest BCUT2D eigenvalue weighted by Gasteiger charge is 2.17. The van der Waals surface area contributed by atoms with Crippen LogP contribution in [0.5, 0.6) is 5.75 Å². The van der Waals surface area contributed by atoms with Crippen LogP contribution in [0.4, 0.5) is 0 Å². The zero-order valence-corrected chi connectivity index (χ0v) is 14.0. The Morgan fingerprint density at radius 3 is 3.04 bits per heavy atom. The number of rotatable bonds is 3. The summed E-state index contributed by atoms with van der Waals surface area (Å²) in [6, 6.07) is 8.19. The SMILES string of the molecule is COc1ccc(C)c(-n2ccnc2-c2cc3n(n2)CCCNC3)c1. The highest BCUT2D eigenvalue weighted by molar-refractivity contribution is 5.57. The first-order valence-electron chi connectivity index (χ1n) is 8.22. The molecule has 3 aromatic rings. The van der Waals surface area contributed by atoms with E-state index in [2.05, 4.69) is 38.6 Å². The fourth-order valence-electron chi connectivity index (χ4n) is 3.13. The van der Waals surface area contributed by atoms with Crippen molar-refractivity contribution in [2.75, 3.05) is 13.7 Å². The molecule has 1 aromatic carbocycles. The third kappa shape index (κ3) is 2.59. The van der Waals surface area contributed by atoms with Crippen molar-refractivity contribution in [1.29, 1.82) is 0 Å². The van der Waals surface area contributed by atoms with Crippen molar-refractivity contribution in [3.05, 3.63) is 47.9 Å². The van der Waals surface area contributed by atoms with Crippen LogP contribution < -0.4 is 10.1 Å². The van der Waals surface area contributed by atoms with E-state index < -0.39 is 0 Å². The van der Waals surface area contributed by atoms with Gasteiger partial charge in [0.2, 0.25) is 0 Å². The van der Waals surface area contributed by atoms with Gasteiger partial charge in [-0.3, -0.25) is 9.25 Å². The number of benzene rings is 1. The molecule has 6 nitrogen and oxygen atoms in total. The van der Waals surface area contributed by atoms with Crippen molar-refractivity contribution in [3.63, 3.8) is 0 Å². The van der Waals surface area contributed by atoms with Crippen molar-refractivity contribution in [2.45, 2.75) is 26.4 Å². The Bertz CT molecular complexity index is 841. The van der Waals surface area contributed by atoms with Gasteiger partial charge in [-0.15, -0.1) is 0 Å². The zero-order chi connectivity index (χ0) is 16.5. The fraction of sp³-hybridized carbons (Fsp3) is 0.333. The van der Waals surface area contributed by atoms with Gasteiger partial charge in [-0.05, 0) is 37.6 Å². The Kier molecular flexibility index (Phi) is 3.82. The molecular weight excluding hydrogens is 302 g/mol. The molecule has 0 atom stereocenters. The highest BCUT2D eigenvalue weighted by atomic mass is 16.5. The number of hydrogen-bond acceptors (Lipinski definition) is 4. The molecule has 1 aliphatic heterocycles. The van der Waals surface area contributed by atoms with Crippen molar-refractivity contribution in [2.24, 2.45) is 0 Å². The minimum absolute atomic E-state index is 0.833. The van der Waals surface area contributed by atoms with Crippen LogP contribution in [0.3, 0.4) is 0 Å². The van der Waals surface area contributed by atoms with Gasteiger partial charge in [-0.2, -0.15) is 5.10 Å². The molecule has 0 spiro atoms. The minimum Gasteiger partial charge on any atom is -0.497 e. The molecule has 0 unspecified atom stereocenters. The van der Waals surface area contributed by atoms with Gasteiger partial charge in [0, 0.05) is 31.5 Å². The van der Waals surface area contributed by atoms with E-state index in [-0.39, 0.29) is 0 Å². The number of ether oxygens (including phenoxy) is 1. The second-order valence-electron chi connectivity index (χ2n) is 6.05. The summed E-state index contributed by atoms with van der Waals surface area (Å²) in [5.41, 5.74) is 4.33. The van der Waals surface area contributed by atoms with Gasteiger partial charge in [-0.1, -0.05) is 6.07 Å². The van der Waals surface area contributed by atoms with Crippen LogP contribution in [0.25, 0.3) is 17.2 Å². The van der Waals surface area contributed by atoms with Gasteiger partial charge >= 0.3 is 0 Å². The second kappa shape index (κ2) is 6.13. The maximum absolute atomic E-state index is 5.37. The molecule has 1 N–H and O–H groups in total. The molecular formula is C18H21N5O. The van der Waals surface area contributed by atoms with E-state index >= 15 is 0 Å². The normalized spacial score (nSPS) is 14.2. The molecule has 0 fully saturated rings. The molecule has 0 aliphatic carbocycles. The van der Waals surface area contributed by atoms with Crippen molar-refractivity contribution >= 4 is 0 Å². The summed E-state index contributed by atoms with van der Waals surface area (Å²) >= 11 is 0. The predicted octanol–water partition coefficient (Wildman–Crippen LogP) is 2.55. The first kappa shape index (κ1) is 15.0. The van der Waals surface area contributed by atoms with E-state index in [4.69, 9.17) is 9.84 Å². The van der Waals surface area contributed by atoms with Crippen LogP contribution in [0.15, 0.2) is 36.7 Å². The molecule has 3 heterocycles. The molecule has 2 aromatic heterocycles. The van der Waals surface area contributed by atoms with Gasteiger partial charge in [0.15, 0.2) is 5.82 Å². The lowest BCUT2D eigenvalue weighted by atomic mass is 10.2. The monoisotopic (exact) mass is 323 g/mol. The fourth-order valence-corrected chi connectivity index (χ4v) is 3.13. The van der Waals surface area contributed by atoms with E-state index in [0.29, 0.717) is 0 Å². The third-order valence-electron chi connectivity index (χ3n) is 4.44. The van der Waals surface area contributed by atoms with E-state index in [0.717, 1.165) is 54.6 Å². The lowest BCUT2D eigenvalue weighted by Crippen LogP contribution is -2.11. The number of nitrogens with zero attached hydrogens (tertiary/aromatic N) is 4. The topological polar surface area (TPSA) is 56.9 Å². The maximum Gasteiger partial charge on any atom is 0.165 e. The van der Waals surface area contributed by atoms with E-state index in [9.17, 15) is 0 Å². The molecule has 4 rings (SSSR count). The number of nitrogens with one attached hydrogen (secondary N) is 1. The first-order valence-corrected chi connectivity index (χ1v) is 8.22. The Labute approximate surface area is 141 Å². The van der Waals surface area contributed by atoms with E-state index in [1.807, 2.05) is 24.5 Å². The summed E-state index contributed by atoms with van der Waals surface area (Å²) in [6.07, 6.45) is 4.88. The summed E-state index contributed by atoms with van der Waals surface area (Å²) < 4.78 is 9.54. The highest BCUT2D eigenvalue weighted by Crippen LogP contribution is 2.26. The smallest absolute Gasteiger partial charge is 0.165 e. The van der Waals surface area contributed by atoms with Crippen LogP contribution in [0.2, 0.25) is 0 Å². The van der Waals surface area contributed by atoms with E-state index in [1.54, 1.807) is 7.11 Å². The summed E-state index contributed by atoms with van der Waals surface area (Å²) in [6.45, 7) is 4.92. The maximum atomic E-state index is 5.37. The molecule has 0 radical (unpaired) electrons. The van der Waals surface area contributed by atoms with Gasteiger partial charge in [0.25, 0.3) is 0 Å². The Morgan fingerprint density at radius 2 is 2.17 bits per heavy atom. The largest absolute Gasteiger partial charge is 0.497 e. The summed E-state index contributed by atoms with van der Waals surface area (Å²) in [7, 11) is 1.68. The van der Waals surface area contributed by atoms with Crippen molar-refractivity contribution < 1.29 is 4.74 Å². The minimum atomic E-state index is 0.833.